The van der Waals surface area contributed by atoms with Crippen molar-refractivity contribution in [2.24, 2.45) is 0 Å². The Labute approximate surface area is 164 Å². The normalized spacial score (nSPS) is 12.3. The second kappa shape index (κ2) is 8.67. The number of nitrogens with one attached hydrogen (secondary N) is 1. The van der Waals surface area contributed by atoms with Crippen LogP contribution in [0.1, 0.15) is 31.5 Å². The molecule has 1 atom stereocenters. The average molecular weight is 389 g/mol. The van der Waals surface area contributed by atoms with Crippen molar-refractivity contribution in [3.63, 3.8) is 0 Å². The summed E-state index contributed by atoms with van der Waals surface area (Å²) in [6.45, 7) is 5.56. The van der Waals surface area contributed by atoms with Crippen LogP contribution in [-0.4, -0.2) is 21.0 Å². The molecule has 3 aromatic rings. The molecule has 0 aliphatic rings. The van der Waals surface area contributed by atoms with E-state index in [0.29, 0.717) is 29.2 Å². The summed E-state index contributed by atoms with van der Waals surface area (Å²) in [5, 5.41) is 14.0. The molecular formula is C20H22Cl2N4. The molecular weight excluding hydrogens is 367 g/mol. The van der Waals surface area contributed by atoms with Gasteiger partial charge in [-0.1, -0.05) is 66.5 Å². The lowest BCUT2D eigenvalue weighted by Gasteiger charge is -2.10. The molecule has 0 bridgehead atoms. The summed E-state index contributed by atoms with van der Waals surface area (Å²) in [6, 6.07) is 16.2. The number of nitrogens with zero attached hydrogens (tertiary/aromatic N) is 3. The molecule has 4 nitrogen and oxygen atoms in total. The molecule has 0 saturated heterocycles. The number of hydrogen-bond acceptors (Lipinski definition) is 3. The summed E-state index contributed by atoms with van der Waals surface area (Å²) < 4.78 is 0. The van der Waals surface area contributed by atoms with Crippen LogP contribution in [0.2, 0.25) is 10.0 Å². The van der Waals surface area contributed by atoms with Gasteiger partial charge in [-0.2, -0.15) is 15.0 Å². The van der Waals surface area contributed by atoms with E-state index in [2.05, 4.69) is 31.3 Å². The molecule has 2 aromatic carbocycles. The predicted molar refractivity (Wildman–Crippen MR) is 108 cm³/mol. The number of benzene rings is 2. The SMILES string of the molecule is CC[C@@H](C)NCc1nn(Cc2ccc(Cl)c(Cl)c2)nc1-c1ccccc1. The summed E-state index contributed by atoms with van der Waals surface area (Å²) in [5.74, 6) is 0. The third kappa shape index (κ3) is 4.64. The van der Waals surface area contributed by atoms with Crippen molar-refractivity contribution >= 4 is 23.2 Å². The van der Waals surface area contributed by atoms with Crippen molar-refractivity contribution in [2.75, 3.05) is 0 Å². The molecule has 3 rings (SSSR count). The molecule has 0 spiro atoms. The Morgan fingerprint density at radius 2 is 1.81 bits per heavy atom. The number of halogens is 2. The maximum Gasteiger partial charge on any atom is 0.117 e. The lowest BCUT2D eigenvalue weighted by molar-refractivity contribution is 0.520. The molecule has 1 heterocycles. The van der Waals surface area contributed by atoms with Crippen molar-refractivity contribution in [1.82, 2.24) is 20.3 Å². The van der Waals surface area contributed by atoms with Crippen LogP contribution in [0.4, 0.5) is 0 Å². The summed E-state index contributed by atoms with van der Waals surface area (Å²) in [7, 11) is 0. The predicted octanol–water partition coefficient (Wildman–Crippen LogP) is 5.19. The van der Waals surface area contributed by atoms with Crippen LogP contribution in [0.5, 0.6) is 0 Å². The minimum atomic E-state index is 0.429. The van der Waals surface area contributed by atoms with E-state index in [1.165, 1.54) is 0 Å². The Kier molecular flexibility index (Phi) is 6.30. The van der Waals surface area contributed by atoms with Crippen molar-refractivity contribution < 1.29 is 0 Å². The molecule has 0 amide bonds. The molecule has 0 saturated carbocycles. The van der Waals surface area contributed by atoms with Crippen LogP contribution in [0.15, 0.2) is 48.5 Å². The van der Waals surface area contributed by atoms with E-state index in [1.807, 2.05) is 30.3 Å². The fourth-order valence-corrected chi connectivity index (χ4v) is 2.93. The second-order valence-corrected chi connectivity index (χ2v) is 7.14. The van der Waals surface area contributed by atoms with E-state index in [0.717, 1.165) is 28.9 Å². The summed E-state index contributed by atoms with van der Waals surface area (Å²) in [4.78, 5) is 1.72. The third-order valence-corrected chi connectivity index (χ3v) is 5.05. The van der Waals surface area contributed by atoms with Crippen LogP contribution < -0.4 is 5.32 Å². The smallest absolute Gasteiger partial charge is 0.117 e. The van der Waals surface area contributed by atoms with Crippen molar-refractivity contribution in [3.8, 4) is 11.3 Å². The highest BCUT2D eigenvalue weighted by molar-refractivity contribution is 6.42. The first-order chi connectivity index (χ1) is 12.6. The van der Waals surface area contributed by atoms with Crippen molar-refractivity contribution in [3.05, 3.63) is 69.8 Å². The molecule has 1 N–H and O–H groups in total. The van der Waals surface area contributed by atoms with Crippen molar-refractivity contribution in [1.29, 1.82) is 0 Å². The molecule has 0 aliphatic carbocycles. The van der Waals surface area contributed by atoms with Gasteiger partial charge >= 0.3 is 0 Å². The highest BCUT2D eigenvalue weighted by atomic mass is 35.5. The Morgan fingerprint density at radius 3 is 2.50 bits per heavy atom. The van der Waals surface area contributed by atoms with E-state index in [4.69, 9.17) is 33.4 Å². The first kappa shape index (κ1) is 18.9. The number of hydrogen-bond donors (Lipinski definition) is 1. The highest BCUT2D eigenvalue weighted by Gasteiger charge is 2.14. The fourth-order valence-electron chi connectivity index (χ4n) is 2.61. The maximum atomic E-state index is 6.12. The number of rotatable bonds is 7. The maximum absolute atomic E-state index is 6.12. The molecule has 136 valence electrons. The van der Waals surface area contributed by atoms with Gasteiger partial charge in [0.1, 0.15) is 11.4 Å². The zero-order chi connectivity index (χ0) is 18.5. The quantitative estimate of drug-likeness (QED) is 0.605. The lowest BCUT2D eigenvalue weighted by atomic mass is 10.1. The van der Waals surface area contributed by atoms with Crippen LogP contribution in [0.3, 0.4) is 0 Å². The average Bonchev–Trinajstić information content (AvgIpc) is 3.06. The molecule has 0 aliphatic heterocycles. The minimum absolute atomic E-state index is 0.429. The summed E-state index contributed by atoms with van der Waals surface area (Å²) in [5.41, 5.74) is 3.92. The van der Waals surface area contributed by atoms with Gasteiger partial charge < -0.3 is 5.32 Å². The van der Waals surface area contributed by atoms with E-state index < -0.39 is 0 Å². The van der Waals surface area contributed by atoms with Gasteiger partial charge in [0.15, 0.2) is 0 Å². The van der Waals surface area contributed by atoms with Crippen LogP contribution in [-0.2, 0) is 13.1 Å². The monoisotopic (exact) mass is 388 g/mol. The standard InChI is InChI=1S/C20H22Cl2N4/c1-3-14(2)23-12-19-20(16-7-5-4-6-8-16)25-26(24-19)13-15-9-10-17(21)18(22)11-15/h4-11,14,23H,3,12-13H2,1-2H3/t14-/m1/s1. The highest BCUT2D eigenvalue weighted by Crippen LogP contribution is 2.24. The van der Waals surface area contributed by atoms with Gasteiger partial charge in [0, 0.05) is 18.2 Å². The summed E-state index contributed by atoms with van der Waals surface area (Å²) in [6.07, 6.45) is 1.07. The van der Waals surface area contributed by atoms with Gasteiger partial charge in [-0.3, -0.25) is 0 Å². The van der Waals surface area contributed by atoms with Gasteiger partial charge in [0.25, 0.3) is 0 Å². The van der Waals surface area contributed by atoms with E-state index in [1.54, 1.807) is 10.9 Å². The van der Waals surface area contributed by atoms with Gasteiger partial charge in [0.05, 0.1) is 16.6 Å². The second-order valence-electron chi connectivity index (χ2n) is 6.33. The van der Waals surface area contributed by atoms with Gasteiger partial charge in [0.2, 0.25) is 0 Å². The van der Waals surface area contributed by atoms with Crippen LogP contribution >= 0.6 is 23.2 Å². The van der Waals surface area contributed by atoms with Crippen LogP contribution in [0.25, 0.3) is 11.3 Å². The van der Waals surface area contributed by atoms with E-state index >= 15 is 0 Å². The lowest BCUT2D eigenvalue weighted by Crippen LogP contribution is -2.25. The van der Waals surface area contributed by atoms with E-state index in [9.17, 15) is 0 Å². The topological polar surface area (TPSA) is 42.7 Å². The van der Waals surface area contributed by atoms with Crippen LogP contribution in [0, 0.1) is 0 Å². The molecule has 0 unspecified atom stereocenters. The largest absolute Gasteiger partial charge is 0.309 e. The summed E-state index contributed by atoms with van der Waals surface area (Å²) >= 11 is 12.1. The minimum Gasteiger partial charge on any atom is -0.309 e. The Hall–Kier alpha value is -1.88. The van der Waals surface area contributed by atoms with Gasteiger partial charge in [-0.05, 0) is 31.0 Å². The Balaban J connectivity index is 1.88. The first-order valence-corrected chi connectivity index (χ1v) is 9.49. The Bertz CT molecular complexity index is 862. The zero-order valence-corrected chi connectivity index (χ0v) is 16.4. The van der Waals surface area contributed by atoms with Crippen molar-refractivity contribution in [2.45, 2.75) is 39.4 Å². The fraction of sp³-hybridized carbons (Fsp3) is 0.300. The zero-order valence-electron chi connectivity index (χ0n) is 14.9. The third-order valence-electron chi connectivity index (χ3n) is 4.31. The Morgan fingerprint density at radius 1 is 1.04 bits per heavy atom. The molecule has 0 radical (unpaired) electrons. The van der Waals surface area contributed by atoms with Gasteiger partial charge in [-0.25, -0.2) is 0 Å². The molecule has 6 heteroatoms. The first-order valence-electron chi connectivity index (χ1n) is 8.73. The van der Waals surface area contributed by atoms with E-state index in [-0.39, 0.29) is 0 Å². The van der Waals surface area contributed by atoms with Gasteiger partial charge in [-0.15, -0.1) is 0 Å². The molecule has 1 aromatic heterocycles. The molecule has 0 fully saturated rings. The molecule has 26 heavy (non-hydrogen) atoms. The number of aromatic nitrogens is 3.